The molecule has 0 fully saturated rings. The summed E-state index contributed by atoms with van der Waals surface area (Å²) in [5.41, 5.74) is -0.0400. The van der Waals surface area contributed by atoms with Crippen LogP contribution in [0.5, 0.6) is 0 Å². The quantitative estimate of drug-likeness (QED) is 0.601. The van der Waals surface area contributed by atoms with E-state index in [0.717, 1.165) is 10.1 Å². The van der Waals surface area contributed by atoms with Gasteiger partial charge < -0.3 is 10.4 Å². The van der Waals surface area contributed by atoms with Crippen LogP contribution in [0.4, 0.5) is 0 Å². The van der Waals surface area contributed by atoms with Crippen molar-refractivity contribution in [3.05, 3.63) is 81.0 Å². The number of nitrogens with zero attached hydrogens (tertiary/aromatic N) is 2. The molecule has 0 aliphatic carbocycles. The van der Waals surface area contributed by atoms with E-state index in [4.69, 9.17) is 0 Å². The fraction of sp³-hybridized carbons (Fsp3) is 0.304. The van der Waals surface area contributed by atoms with Gasteiger partial charge in [0.1, 0.15) is 12.1 Å². The number of fused-ring (bicyclic) bond motifs is 1. The van der Waals surface area contributed by atoms with Gasteiger partial charge in [-0.05, 0) is 23.6 Å². The highest BCUT2D eigenvalue weighted by Crippen LogP contribution is 2.15. The summed E-state index contributed by atoms with van der Waals surface area (Å²) in [4.78, 5) is 51.2. The van der Waals surface area contributed by atoms with Gasteiger partial charge in [-0.15, -0.1) is 0 Å². The molecular formula is C23H25N3O5. The molecule has 162 valence electrons. The van der Waals surface area contributed by atoms with Crippen LogP contribution in [-0.2, 0) is 23.1 Å². The molecule has 0 unspecified atom stereocenters. The molecule has 3 rings (SSSR count). The lowest BCUT2D eigenvalue weighted by atomic mass is 10.0. The molecule has 8 heteroatoms. The highest BCUT2D eigenvalue weighted by Gasteiger charge is 2.31. The van der Waals surface area contributed by atoms with Gasteiger partial charge in [-0.25, -0.2) is 14.2 Å². The number of carbonyl (C=O) groups excluding carboxylic acids is 1. The highest BCUT2D eigenvalue weighted by molar-refractivity contribution is 5.87. The Hall–Kier alpha value is -3.68. The smallest absolute Gasteiger partial charge is 0.331 e. The van der Waals surface area contributed by atoms with Gasteiger partial charge in [0, 0.05) is 13.5 Å². The Kier molecular flexibility index (Phi) is 6.39. The number of benzene rings is 2. The maximum absolute atomic E-state index is 13.2. The van der Waals surface area contributed by atoms with Gasteiger partial charge in [0.25, 0.3) is 5.56 Å². The first kappa shape index (κ1) is 22.0. The first-order valence-electron chi connectivity index (χ1n) is 9.99. The molecule has 3 aromatic rings. The zero-order valence-electron chi connectivity index (χ0n) is 17.6. The van der Waals surface area contributed by atoms with Crippen molar-refractivity contribution in [3.8, 4) is 0 Å². The number of amides is 1. The van der Waals surface area contributed by atoms with Crippen LogP contribution in [0.3, 0.4) is 0 Å². The number of para-hydroxylation sites is 1. The Balaban J connectivity index is 2.17. The first-order chi connectivity index (χ1) is 14.7. The van der Waals surface area contributed by atoms with Crippen LogP contribution in [0, 0.1) is 5.92 Å². The molecule has 0 radical (unpaired) electrons. The SMILES string of the molecule is CC(C)[C@@H](NC(=O)[C@H](Cc1ccccc1)n1c(=O)c2ccccc2n(C)c1=O)C(=O)O. The number of hydrogen-bond donors (Lipinski definition) is 2. The number of aryl methyl sites for hydroxylation is 1. The Bertz CT molecular complexity index is 1230. The second-order valence-corrected chi connectivity index (χ2v) is 7.81. The van der Waals surface area contributed by atoms with E-state index in [1.165, 1.54) is 11.6 Å². The van der Waals surface area contributed by atoms with Crippen molar-refractivity contribution in [1.29, 1.82) is 0 Å². The zero-order valence-corrected chi connectivity index (χ0v) is 17.6. The molecule has 1 aromatic heterocycles. The van der Waals surface area contributed by atoms with Crippen LogP contribution in [0.1, 0.15) is 25.5 Å². The Morgan fingerprint density at radius 1 is 1.00 bits per heavy atom. The minimum atomic E-state index is -1.21. The van der Waals surface area contributed by atoms with Crippen molar-refractivity contribution in [1.82, 2.24) is 14.5 Å². The van der Waals surface area contributed by atoms with Gasteiger partial charge in [-0.3, -0.25) is 14.2 Å². The van der Waals surface area contributed by atoms with Crippen LogP contribution >= 0.6 is 0 Å². The fourth-order valence-electron chi connectivity index (χ4n) is 3.60. The van der Waals surface area contributed by atoms with E-state index >= 15 is 0 Å². The van der Waals surface area contributed by atoms with Crippen LogP contribution < -0.4 is 16.6 Å². The second kappa shape index (κ2) is 8.99. The normalized spacial score (nSPS) is 13.2. The van der Waals surface area contributed by atoms with Gasteiger partial charge >= 0.3 is 11.7 Å². The van der Waals surface area contributed by atoms with Crippen LogP contribution in [-0.4, -0.2) is 32.2 Å². The number of carboxylic acids is 1. The molecule has 0 saturated carbocycles. The second-order valence-electron chi connectivity index (χ2n) is 7.81. The molecule has 0 aliphatic rings. The van der Waals surface area contributed by atoms with Gasteiger partial charge in [0.05, 0.1) is 10.9 Å². The van der Waals surface area contributed by atoms with E-state index in [0.29, 0.717) is 10.9 Å². The lowest BCUT2D eigenvalue weighted by Gasteiger charge is -2.24. The molecule has 31 heavy (non-hydrogen) atoms. The molecule has 1 heterocycles. The summed E-state index contributed by atoms with van der Waals surface area (Å²) in [6.45, 7) is 3.35. The van der Waals surface area contributed by atoms with E-state index in [1.54, 1.807) is 62.4 Å². The number of aliphatic carboxylic acids is 1. The van der Waals surface area contributed by atoms with Crippen LogP contribution in [0.2, 0.25) is 0 Å². The average molecular weight is 423 g/mol. The van der Waals surface area contributed by atoms with E-state index in [1.807, 2.05) is 6.07 Å². The van der Waals surface area contributed by atoms with Gasteiger partial charge in [-0.2, -0.15) is 0 Å². The van der Waals surface area contributed by atoms with Crippen LogP contribution in [0.25, 0.3) is 10.9 Å². The molecule has 0 bridgehead atoms. The summed E-state index contributed by atoms with van der Waals surface area (Å²) in [7, 11) is 1.53. The van der Waals surface area contributed by atoms with Gasteiger partial charge in [0.2, 0.25) is 5.91 Å². The summed E-state index contributed by atoms with van der Waals surface area (Å²) in [5, 5.41) is 12.3. The third-order valence-corrected chi connectivity index (χ3v) is 5.32. The van der Waals surface area contributed by atoms with Crippen molar-refractivity contribution in [2.45, 2.75) is 32.4 Å². The monoisotopic (exact) mass is 423 g/mol. The maximum Gasteiger partial charge on any atom is 0.331 e. The topological polar surface area (TPSA) is 110 Å². The minimum Gasteiger partial charge on any atom is -0.480 e. The largest absolute Gasteiger partial charge is 0.480 e. The summed E-state index contributed by atoms with van der Waals surface area (Å²) < 4.78 is 2.24. The number of nitrogens with one attached hydrogen (secondary N) is 1. The average Bonchev–Trinajstić information content (AvgIpc) is 2.75. The number of carboxylic acid groups (broad SMARTS) is 1. The molecule has 2 N–H and O–H groups in total. The first-order valence-corrected chi connectivity index (χ1v) is 9.99. The van der Waals surface area contributed by atoms with Gasteiger partial charge in [0.15, 0.2) is 0 Å². The molecule has 1 amide bonds. The predicted molar refractivity (Wildman–Crippen MR) is 117 cm³/mol. The number of aromatic nitrogens is 2. The lowest BCUT2D eigenvalue weighted by molar-refractivity contribution is -0.143. The molecule has 2 atom stereocenters. The van der Waals surface area contributed by atoms with Crippen LogP contribution in [0.15, 0.2) is 64.2 Å². The Morgan fingerprint density at radius 2 is 1.61 bits per heavy atom. The summed E-state index contributed by atoms with van der Waals surface area (Å²) in [6, 6.07) is 13.3. The predicted octanol–water partition coefficient (Wildman–Crippen LogP) is 1.71. The molecular weight excluding hydrogens is 398 g/mol. The molecule has 0 aliphatic heterocycles. The number of rotatable bonds is 7. The maximum atomic E-state index is 13.2. The molecule has 2 aromatic carbocycles. The minimum absolute atomic E-state index is 0.0601. The van der Waals surface area contributed by atoms with E-state index in [2.05, 4.69) is 5.32 Å². The molecule has 8 nitrogen and oxygen atoms in total. The number of carbonyl (C=O) groups is 2. The van der Waals surface area contributed by atoms with Crippen molar-refractivity contribution >= 4 is 22.8 Å². The fourth-order valence-corrected chi connectivity index (χ4v) is 3.60. The highest BCUT2D eigenvalue weighted by atomic mass is 16.4. The van der Waals surface area contributed by atoms with Crippen molar-refractivity contribution < 1.29 is 14.7 Å². The Labute approximate surface area is 178 Å². The molecule has 0 saturated heterocycles. The van der Waals surface area contributed by atoms with Gasteiger partial charge in [-0.1, -0.05) is 56.3 Å². The third kappa shape index (κ3) is 4.42. The summed E-state index contributed by atoms with van der Waals surface area (Å²) in [5.74, 6) is -2.25. The Morgan fingerprint density at radius 3 is 2.23 bits per heavy atom. The van der Waals surface area contributed by atoms with E-state index < -0.39 is 35.2 Å². The third-order valence-electron chi connectivity index (χ3n) is 5.32. The van der Waals surface area contributed by atoms with E-state index in [-0.39, 0.29) is 12.3 Å². The summed E-state index contributed by atoms with van der Waals surface area (Å²) in [6.07, 6.45) is 0.0601. The summed E-state index contributed by atoms with van der Waals surface area (Å²) >= 11 is 0. The standard InChI is InChI=1S/C23H25N3O5/c1-14(2)19(22(29)30)24-20(27)18(13-15-9-5-4-6-10-15)26-21(28)16-11-7-8-12-17(16)25(3)23(26)31/h4-12,14,18-19H,13H2,1-3H3,(H,24,27)(H,29,30)/t18-,19+/m0/s1. The van der Waals surface area contributed by atoms with Crippen molar-refractivity contribution in [3.63, 3.8) is 0 Å². The van der Waals surface area contributed by atoms with E-state index in [9.17, 15) is 24.3 Å². The van der Waals surface area contributed by atoms with Crippen molar-refractivity contribution in [2.24, 2.45) is 13.0 Å². The lowest BCUT2D eigenvalue weighted by Crippen LogP contribution is -2.51. The van der Waals surface area contributed by atoms with Crippen molar-refractivity contribution in [2.75, 3.05) is 0 Å². The molecule has 0 spiro atoms. The zero-order chi connectivity index (χ0) is 22.7. The number of hydrogen-bond acceptors (Lipinski definition) is 4.